The summed E-state index contributed by atoms with van der Waals surface area (Å²) in [5.74, 6) is 0.560. The van der Waals surface area contributed by atoms with Gasteiger partial charge in [-0.3, -0.25) is 10.1 Å². The van der Waals surface area contributed by atoms with Crippen LogP contribution in [0.4, 0.5) is 6.01 Å². The van der Waals surface area contributed by atoms with Crippen LogP contribution in [0, 0.1) is 0 Å². The molecule has 0 saturated carbocycles. The molecule has 78 valence electrons. The average Bonchev–Trinajstić information content (AvgIpc) is 2.53. The number of nitrogens with zero attached hydrogens (tertiary/aromatic N) is 2. The summed E-state index contributed by atoms with van der Waals surface area (Å²) in [6.45, 7) is 3.88. The third-order valence-corrected chi connectivity index (χ3v) is 1.90. The molecule has 0 aromatic carbocycles. The van der Waals surface area contributed by atoms with Gasteiger partial charge in [0, 0.05) is 17.7 Å². The molecular formula is C8H12BrN3O2. The molecule has 0 spiro atoms. The van der Waals surface area contributed by atoms with E-state index >= 15 is 0 Å². The zero-order chi connectivity index (χ0) is 10.6. The first-order chi connectivity index (χ1) is 6.63. The number of amides is 1. The highest BCUT2D eigenvalue weighted by molar-refractivity contribution is 9.09. The fourth-order valence-electron chi connectivity index (χ4n) is 0.786. The molecule has 1 aromatic rings. The van der Waals surface area contributed by atoms with Crippen molar-refractivity contribution in [2.45, 2.75) is 26.2 Å². The van der Waals surface area contributed by atoms with E-state index in [2.05, 4.69) is 31.4 Å². The van der Waals surface area contributed by atoms with Crippen LogP contribution in [0.1, 0.15) is 32.1 Å². The molecule has 5 nitrogen and oxygen atoms in total. The lowest BCUT2D eigenvalue weighted by Gasteiger charge is -1.97. The maximum Gasteiger partial charge on any atom is 0.322 e. The Labute approximate surface area is 90.4 Å². The van der Waals surface area contributed by atoms with Crippen LogP contribution >= 0.6 is 15.9 Å². The molecule has 14 heavy (non-hydrogen) atoms. The molecule has 0 aliphatic heterocycles. The van der Waals surface area contributed by atoms with Crippen LogP contribution in [0.15, 0.2) is 4.42 Å². The van der Waals surface area contributed by atoms with Gasteiger partial charge in [0.05, 0.1) is 0 Å². The van der Waals surface area contributed by atoms with Crippen molar-refractivity contribution in [3.8, 4) is 0 Å². The number of hydrogen-bond acceptors (Lipinski definition) is 4. The number of aromatic nitrogens is 2. The molecule has 1 rings (SSSR count). The minimum atomic E-state index is -0.138. The van der Waals surface area contributed by atoms with Gasteiger partial charge in [-0.05, 0) is 0 Å². The number of hydrogen-bond donors (Lipinski definition) is 1. The second-order valence-electron chi connectivity index (χ2n) is 3.09. The number of carbonyl (C=O) groups excluding carboxylic acids is 1. The van der Waals surface area contributed by atoms with Crippen molar-refractivity contribution in [2.24, 2.45) is 0 Å². The van der Waals surface area contributed by atoms with E-state index in [0.717, 1.165) is 0 Å². The standard InChI is InChI=1S/C8H12BrN3O2/c1-5(2)7-11-12-8(14-7)10-6(13)3-4-9/h5H,3-4H2,1-2H3,(H,10,12,13). The molecule has 0 saturated heterocycles. The summed E-state index contributed by atoms with van der Waals surface area (Å²) in [4.78, 5) is 11.1. The van der Waals surface area contributed by atoms with Gasteiger partial charge in [-0.1, -0.05) is 34.9 Å². The predicted molar refractivity (Wildman–Crippen MR) is 55.4 cm³/mol. The smallest absolute Gasteiger partial charge is 0.322 e. The Bertz CT molecular complexity index is 311. The lowest BCUT2D eigenvalue weighted by Crippen LogP contribution is -2.11. The van der Waals surface area contributed by atoms with Crippen molar-refractivity contribution < 1.29 is 9.21 Å². The number of carbonyl (C=O) groups is 1. The van der Waals surface area contributed by atoms with E-state index in [4.69, 9.17) is 4.42 Å². The number of alkyl halides is 1. The Morgan fingerprint density at radius 2 is 2.29 bits per heavy atom. The second-order valence-corrected chi connectivity index (χ2v) is 3.88. The molecule has 1 amide bonds. The zero-order valence-electron chi connectivity index (χ0n) is 8.08. The van der Waals surface area contributed by atoms with Crippen LogP contribution in [-0.2, 0) is 4.79 Å². The molecule has 0 fully saturated rings. The number of rotatable bonds is 4. The van der Waals surface area contributed by atoms with Gasteiger partial charge in [-0.25, -0.2) is 0 Å². The van der Waals surface area contributed by atoms with Crippen molar-refractivity contribution in [3.05, 3.63) is 5.89 Å². The number of nitrogens with one attached hydrogen (secondary N) is 1. The largest absolute Gasteiger partial charge is 0.408 e. The van der Waals surface area contributed by atoms with Gasteiger partial charge in [-0.2, -0.15) is 0 Å². The van der Waals surface area contributed by atoms with E-state index in [0.29, 0.717) is 17.6 Å². The quantitative estimate of drug-likeness (QED) is 0.841. The summed E-state index contributed by atoms with van der Waals surface area (Å²) in [6.07, 6.45) is 0.388. The molecule has 0 bridgehead atoms. The third-order valence-electron chi connectivity index (χ3n) is 1.50. The van der Waals surface area contributed by atoms with Crippen molar-refractivity contribution in [3.63, 3.8) is 0 Å². The Balaban J connectivity index is 2.55. The van der Waals surface area contributed by atoms with E-state index in [9.17, 15) is 4.79 Å². The normalized spacial score (nSPS) is 10.6. The Kier molecular flexibility index (Phi) is 4.06. The summed E-state index contributed by atoms with van der Waals surface area (Å²) in [5, 5.41) is 10.6. The molecule has 0 unspecified atom stereocenters. The van der Waals surface area contributed by atoms with Gasteiger partial charge in [0.1, 0.15) is 0 Å². The molecule has 0 aliphatic carbocycles. The van der Waals surface area contributed by atoms with E-state index in [1.54, 1.807) is 0 Å². The summed E-state index contributed by atoms with van der Waals surface area (Å²) >= 11 is 3.16. The van der Waals surface area contributed by atoms with Gasteiger partial charge in [0.15, 0.2) is 0 Å². The van der Waals surface area contributed by atoms with Crippen LogP contribution in [0.25, 0.3) is 0 Å². The molecule has 1 N–H and O–H groups in total. The molecule has 1 aromatic heterocycles. The minimum Gasteiger partial charge on any atom is -0.408 e. The Morgan fingerprint density at radius 3 is 2.79 bits per heavy atom. The summed E-state index contributed by atoms with van der Waals surface area (Å²) < 4.78 is 5.19. The summed E-state index contributed by atoms with van der Waals surface area (Å²) in [6, 6.07) is 0.166. The van der Waals surface area contributed by atoms with Gasteiger partial charge in [-0.15, -0.1) is 5.10 Å². The minimum absolute atomic E-state index is 0.138. The molecule has 0 radical (unpaired) electrons. The maximum absolute atomic E-state index is 11.1. The maximum atomic E-state index is 11.1. The van der Waals surface area contributed by atoms with E-state index in [-0.39, 0.29) is 17.8 Å². The van der Waals surface area contributed by atoms with Crippen LogP contribution in [0.2, 0.25) is 0 Å². The van der Waals surface area contributed by atoms with E-state index in [1.165, 1.54) is 0 Å². The SMILES string of the molecule is CC(C)c1nnc(NC(=O)CCBr)o1. The molecule has 0 atom stereocenters. The van der Waals surface area contributed by atoms with Crippen LogP contribution in [0.3, 0.4) is 0 Å². The molecule has 0 aliphatic rings. The zero-order valence-corrected chi connectivity index (χ0v) is 9.67. The van der Waals surface area contributed by atoms with Crippen LogP contribution in [0.5, 0.6) is 0 Å². The predicted octanol–water partition coefficient (Wildman–Crippen LogP) is 1.92. The second kappa shape index (κ2) is 5.09. The monoisotopic (exact) mass is 261 g/mol. The fourth-order valence-corrected chi connectivity index (χ4v) is 1.15. The van der Waals surface area contributed by atoms with Crippen molar-refractivity contribution in [2.75, 3.05) is 10.6 Å². The molecule has 6 heteroatoms. The Hall–Kier alpha value is -0.910. The van der Waals surface area contributed by atoms with Crippen molar-refractivity contribution >= 4 is 27.9 Å². The van der Waals surface area contributed by atoms with Gasteiger partial charge >= 0.3 is 6.01 Å². The first kappa shape index (κ1) is 11.2. The van der Waals surface area contributed by atoms with E-state index < -0.39 is 0 Å². The summed E-state index contributed by atoms with van der Waals surface area (Å²) in [5.41, 5.74) is 0. The number of halogens is 1. The lowest BCUT2D eigenvalue weighted by molar-refractivity contribution is -0.115. The molecular weight excluding hydrogens is 250 g/mol. The highest BCUT2D eigenvalue weighted by Gasteiger charge is 2.11. The highest BCUT2D eigenvalue weighted by Crippen LogP contribution is 2.14. The van der Waals surface area contributed by atoms with Crippen molar-refractivity contribution in [1.82, 2.24) is 10.2 Å². The third kappa shape index (κ3) is 3.10. The summed E-state index contributed by atoms with van der Waals surface area (Å²) in [7, 11) is 0. The fraction of sp³-hybridized carbons (Fsp3) is 0.625. The average molecular weight is 262 g/mol. The topological polar surface area (TPSA) is 68.0 Å². The lowest BCUT2D eigenvalue weighted by atomic mass is 10.2. The highest BCUT2D eigenvalue weighted by atomic mass is 79.9. The Morgan fingerprint density at radius 1 is 1.57 bits per heavy atom. The van der Waals surface area contributed by atoms with Gasteiger partial charge < -0.3 is 4.42 Å². The van der Waals surface area contributed by atoms with Crippen LogP contribution < -0.4 is 5.32 Å². The number of anilines is 1. The van der Waals surface area contributed by atoms with Crippen molar-refractivity contribution in [1.29, 1.82) is 0 Å². The first-order valence-corrected chi connectivity index (χ1v) is 5.45. The molecule has 1 heterocycles. The van der Waals surface area contributed by atoms with Gasteiger partial charge in [0.25, 0.3) is 0 Å². The first-order valence-electron chi connectivity index (χ1n) is 4.32. The van der Waals surface area contributed by atoms with E-state index in [1.807, 2.05) is 13.8 Å². The van der Waals surface area contributed by atoms with Gasteiger partial charge in [0.2, 0.25) is 11.8 Å². The van der Waals surface area contributed by atoms with Crippen LogP contribution in [-0.4, -0.2) is 21.4 Å².